The number of carbonyl (C=O) groups is 1. The van der Waals surface area contributed by atoms with Crippen LogP contribution in [0.4, 0.5) is 5.69 Å². The number of aliphatic hydroxyl groups excluding tert-OH is 2. The van der Waals surface area contributed by atoms with Crippen molar-refractivity contribution in [2.75, 3.05) is 6.61 Å². The molecule has 2 aromatic carbocycles. The maximum atomic E-state index is 12.0. The van der Waals surface area contributed by atoms with E-state index in [9.17, 15) is 25.1 Å². The summed E-state index contributed by atoms with van der Waals surface area (Å²) in [4.78, 5) is 22.1. The summed E-state index contributed by atoms with van der Waals surface area (Å²) in [6, 6.07) is 13.5. The quantitative estimate of drug-likeness (QED) is 0.524. The van der Waals surface area contributed by atoms with Gasteiger partial charge in [0.05, 0.1) is 24.0 Å². The molecule has 0 fully saturated rings. The predicted octanol–water partition coefficient (Wildman–Crippen LogP) is 1.35. The van der Waals surface area contributed by atoms with Gasteiger partial charge in [0, 0.05) is 12.1 Å². The van der Waals surface area contributed by atoms with Crippen molar-refractivity contribution in [1.29, 1.82) is 0 Å². The number of nitrogens with one attached hydrogen (secondary N) is 1. The lowest BCUT2D eigenvalue weighted by atomic mass is 10.0. The predicted molar refractivity (Wildman–Crippen MR) is 87.2 cm³/mol. The van der Waals surface area contributed by atoms with E-state index in [1.165, 1.54) is 24.3 Å². The first kappa shape index (κ1) is 17.6. The summed E-state index contributed by atoms with van der Waals surface area (Å²) in [5.74, 6) is -0.332. The first-order valence-electron chi connectivity index (χ1n) is 7.38. The van der Waals surface area contributed by atoms with Crippen LogP contribution in [0.3, 0.4) is 0 Å². The Morgan fingerprint density at radius 1 is 1.12 bits per heavy atom. The molecule has 0 aromatic heterocycles. The topological polar surface area (TPSA) is 113 Å². The third-order valence-corrected chi connectivity index (χ3v) is 3.58. The van der Waals surface area contributed by atoms with Gasteiger partial charge >= 0.3 is 0 Å². The van der Waals surface area contributed by atoms with Crippen LogP contribution < -0.4 is 5.32 Å². The van der Waals surface area contributed by atoms with Crippen molar-refractivity contribution in [3.8, 4) is 0 Å². The van der Waals surface area contributed by atoms with Crippen LogP contribution in [0.1, 0.15) is 17.2 Å². The van der Waals surface area contributed by atoms with Gasteiger partial charge < -0.3 is 15.5 Å². The number of nitrogens with zero attached hydrogens (tertiary/aromatic N) is 1. The highest BCUT2D eigenvalue weighted by atomic mass is 16.6. The molecule has 7 heteroatoms. The molecule has 2 rings (SSSR count). The van der Waals surface area contributed by atoms with Gasteiger partial charge in [0.15, 0.2) is 0 Å². The van der Waals surface area contributed by atoms with E-state index < -0.39 is 23.7 Å². The molecule has 2 unspecified atom stereocenters. The zero-order valence-electron chi connectivity index (χ0n) is 12.8. The molecule has 0 bridgehead atoms. The third kappa shape index (κ3) is 4.61. The van der Waals surface area contributed by atoms with Gasteiger partial charge in [-0.05, 0) is 23.3 Å². The molecule has 0 aliphatic carbocycles. The van der Waals surface area contributed by atoms with E-state index >= 15 is 0 Å². The van der Waals surface area contributed by atoms with E-state index in [-0.39, 0.29) is 18.0 Å². The molecule has 0 aliphatic rings. The second kappa shape index (κ2) is 8.19. The largest absolute Gasteiger partial charge is 0.394 e. The number of benzene rings is 2. The molecule has 126 valence electrons. The number of nitro groups is 1. The number of aliphatic hydroxyl groups is 2. The number of non-ortho nitro benzene ring substituents is 1. The van der Waals surface area contributed by atoms with Gasteiger partial charge in [0.1, 0.15) is 6.10 Å². The number of rotatable bonds is 7. The second-order valence-electron chi connectivity index (χ2n) is 5.31. The minimum absolute atomic E-state index is 0.0976. The van der Waals surface area contributed by atoms with Gasteiger partial charge in [-0.25, -0.2) is 0 Å². The highest BCUT2D eigenvalue weighted by molar-refractivity contribution is 5.78. The summed E-state index contributed by atoms with van der Waals surface area (Å²) in [6.45, 7) is -0.460. The zero-order chi connectivity index (χ0) is 17.5. The fourth-order valence-corrected chi connectivity index (χ4v) is 2.29. The van der Waals surface area contributed by atoms with Crippen molar-refractivity contribution in [3.05, 3.63) is 75.8 Å². The number of amides is 1. The van der Waals surface area contributed by atoms with Gasteiger partial charge in [-0.15, -0.1) is 0 Å². The van der Waals surface area contributed by atoms with Crippen molar-refractivity contribution in [2.45, 2.75) is 18.6 Å². The molecule has 2 atom stereocenters. The molecule has 0 saturated heterocycles. The smallest absolute Gasteiger partial charge is 0.269 e. The Bertz CT molecular complexity index is 688. The van der Waals surface area contributed by atoms with Crippen LogP contribution in [-0.2, 0) is 11.2 Å². The van der Waals surface area contributed by atoms with Crippen molar-refractivity contribution in [3.63, 3.8) is 0 Å². The van der Waals surface area contributed by atoms with E-state index in [0.717, 1.165) is 5.56 Å². The molecule has 1 amide bonds. The maximum absolute atomic E-state index is 12.0. The summed E-state index contributed by atoms with van der Waals surface area (Å²) < 4.78 is 0. The molecule has 0 spiro atoms. The van der Waals surface area contributed by atoms with E-state index in [1.807, 2.05) is 18.2 Å². The van der Waals surface area contributed by atoms with Crippen LogP contribution in [0.25, 0.3) is 0 Å². The Balaban J connectivity index is 2.01. The summed E-state index contributed by atoms with van der Waals surface area (Å²) >= 11 is 0. The van der Waals surface area contributed by atoms with Crippen LogP contribution in [0.2, 0.25) is 0 Å². The number of nitro benzene ring substituents is 1. The molecular formula is C17H18N2O5. The minimum Gasteiger partial charge on any atom is -0.394 e. The Labute approximate surface area is 138 Å². The summed E-state index contributed by atoms with van der Waals surface area (Å²) in [6.07, 6.45) is -1.04. The standard InChI is InChI=1S/C17H18N2O5/c20-11-15(18-16(21)10-12-4-2-1-3-5-12)17(22)13-6-8-14(9-7-13)19(23)24/h1-9,15,17,20,22H,10-11H2,(H,18,21). The summed E-state index contributed by atoms with van der Waals surface area (Å²) in [7, 11) is 0. The average Bonchev–Trinajstić information content (AvgIpc) is 2.60. The van der Waals surface area contributed by atoms with Crippen LogP contribution >= 0.6 is 0 Å². The Morgan fingerprint density at radius 2 is 1.75 bits per heavy atom. The summed E-state index contributed by atoms with van der Waals surface area (Å²) in [5, 5.41) is 32.9. The van der Waals surface area contributed by atoms with Crippen LogP contribution in [0, 0.1) is 10.1 Å². The van der Waals surface area contributed by atoms with Crippen molar-refractivity contribution >= 4 is 11.6 Å². The third-order valence-electron chi connectivity index (χ3n) is 3.58. The molecule has 0 heterocycles. The van der Waals surface area contributed by atoms with Crippen LogP contribution in [-0.4, -0.2) is 33.7 Å². The lowest BCUT2D eigenvalue weighted by Gasteiger charge is -2.22. The second-order valence-corrected chi connectivity index (χ2v) is 5.31. The monoisotopic (exact) mass is 330 g/mol. The Morgan fingerprint density at radius 3 is 2.29 bits per heavy atom. The lowest BCUT2D eigenvalue weighted by Crippen LogP contribution is -2.42. The van der Waals surface area contributed by atoms with E-state index in [2.05, 4.69) is 5.32 Å². The van der Waals surface area contributed by atoms with Gasteiger partial charge in [0.25, 0.3) is 5.69 Å². The molecule has 24 heavy (non-hydrogen) atoms. The number of hydrogen-bond acceptors (Lipinski definition) is 5. The molecule has 0 aliphatic heterocycles. The van der Waals surface area contributed by atoms with E-state index in [1.54, 1.807) is 12.1 Å². The zero-order valence-corrected chi connectivity index (χ0v) is 12.8. The van der Waals surface area contributed by atoms with Crippen LogP contribution in [0.15, 0.2) is 54.6 Å². The highest BCUT2D eigenvalue weighted by Crippen LogP contribution is 2.20. The van der Waals surface area contributed by atoms with Gasteiger partial charge in [-0.1, -0.05) is 30.3 Å². The van der Waals surface area contributed by atoms with Crippen molar-refractivity contribution in [2.24, 2.45) is 0 Å². The van der Waals surface area contributed by atoms with E-state index in [4.69, 9.17) is 0 Å². The normalized spacial score (nSPS) is 13.1. The lowest BCUT2D eigenvalue weighted by molar-refractivity contribution is -0.384. The number of carbonyl (C=O) groups excluding carboxylic acids is 1. The van der Waals surface area contributed by atoms with Crippen molar-refractivity contribution in [1.82, 2.24) is 5.32 Å². The molecular weight excluding hydrogens is 312 g/mol. The first-order valence-corrected chi connectivity index (χ1v) is 7.38. The number of hydrogen-bond donors (Lipinski definition) is 3. The fraction of sp³-hybridized carbons (Fsp3) is 0.235. The molecule has 3 N–H and O–H groups in total. The maximum Gasteiger partial charge on any atom is 0.269 e. The highest BCUT2D eigenvalue weighted by Gasteiger charge is 2.22. The van der Waals surface area contributed by atoms with Gasteiger partial charge in [-0.3, -0.25) is 14.9 Å². The van der Waals surface area contributed by atoms with Crippen molar-refractivity contribution < 1.29 is 19.9 Å². The Hall–Kier alpha value is -2.77. The van der Waals surface area contributed by atoms with Gasteiger partial charge in [0.2, 0.25) is 5.91 Å². The van der Waals surface area contributed by atoms with E-state index in [0.29, 0.717) is 5.56 Å². The molecule has 0 radical (unpaired) electrons. The average molecular weight is 330 g/mol. The molecule has 7 nitrogen and oxygen atoms in total. The minimum atomic E-state index is -1.17. The molecule has 2 aromatic rings. The first-order chi connectivity index (χ1) is 11.5. The van der Waals surface area contributed by atoms with Crippen LogP contribution in [0.5, 0.6) is 0 Å². The molecule has 0 saturated carbocycles. The van der Waals surface area contributed by atoms with Gasteiger partial charge in [-0.2, -0.15) is 0 Å². The summed E-state index contributed by atoms with van der Waals surface area (Å²) in [5.41, 5.74) is 1.09. The Kier molecular flexibility index (Phi) is 6.00. The fourth-order valence-electron chi connectivity index (χ4n) is 2.29. The SMILES string of the molecule is O=C(Cc1ccccc1)NC(CO)C(O)c1ccc([N+](=O)[O-])cc1.